The standard InChI is InChI=1S/C20H34N4O.HI/c1-4-23(5-2)15-19-11-13-24(16-19)20(21-3)22-12-14-25-17-18-9-7-6-8-10-18;/h6-10,19H,4-5,11-17H2,1-3H3,(H,21,22);1H. The van der Waals surface area contributed by atoms with Crippen molar-refractivity contribution in [2.24, 2.45) is 10.9 Å². The molecule has 1 fully saturated rings. The number of benzene rings is 1. The summed E-state index contributed by atoms with van der Waals surface area (Å²) >= 11 is 0. The molecule has 2 rings (SSSR count). The zero-order valence-corrected chi connectivity index (χ0v) is 18.8. The van der Waals surface area contributed by atoms with E-state index in [2.05, 4.69) is 46.1 Å². The van der Waals surface area contributed by atoms with Crippen LogP contribution in [0.5, 0.6) is 0 Å². The molecule has 0 aliphatic carbocycles. The first-order valence-corrected chi connectivity index (χ1v) is 9.56. The molecule has 1 saturated heterocycles. The SMILES string of the molecule is CCN(CC)CC1CCN(C(=NC)NCCOCc2ccccc2)C1.I. The van der Waals surface area contributed by atoms with Crippen LogP contribution >= 0.6 is 24.0 Å². The van der Waals surface area contributed by atoms with Gasteiger partial charge in [0.25, 0.3) is 0 Å². The lowest BCUT2D eigenvalue weighted by molar-refractivity contribution is 0.125. The van der Waals surface area contributed by atoms with E-state index in [1.54, 1.807) is 0 Å². The van der Waals surface area contributed by atoms with E-state index in [1.807, 2.05) is 25.2 Å². The minimum absolute atomic E-state index is 0. The molecule has 1 aliphatic rings. The minimum atomic E-state index is 0. The van der Waals surface area contributed by atoms with E-state index in [0.717, 1.165) is 44.6 Å². The number of nitrogens with zero attached hydrogens (tertiary/aromatic N) is 3. The van der Waals surface area contributed by atoms with Crippen molar-refractivity contribution in [1.29, 1.82) is 0 Å². The first-order valence-electron chi connectivity index (χ1n) is 9.56. The van der Waals surface area contributed by atoms with Crippen LogP contribution in [0.1, 0.15) is 25.8 Å². The van der Waals surface area contributed by atoms with Crippen LogP contribution in [0.3, 0.4) is 0 Å². The van der Waals surface area contributed by atoms with Gasteiger partial charge in [0.2, 0.25) is 0 Å². The van der Waals surface area contributed by atoms with Crippen molar-refractivity contribution >= 4 is 29.9 Å². The van der Waals surface area contributed by atoms with Crippen molar-refractivity contribution in [2.75, 3.05) is 52.9 Å². The Bertz CT molecular complexity index is 508. The third-order valence-electron chi connectivity index (χ3n) is 4.85. The predicted octanol–water partition coefficient (Wildman–Crippen LogP) is 3.06. The largest absolute Gasteiger partial charge is 0.375 e. The highest BCUT2D eigenvalue weighted by molar-refractivity contribution is 14.0. The van der Waals surface area contributed by atoms with Crippen LogP contribution in [0.15, 0.2) is 35.3 Å². The number of guanidine groups is 1. The number of rotatable bonds is 9. The predicted molar refractivity (Wildman–Crippen MR) is 120 cm³/mol. The fourth-order valence-electron chi connectivity index (χ4n) is 3.35. The van der Waals surface area contributed by atoms with E-state index in [4.69, 9.17) is 4.74 Å². The smallest absolute Gasteiger partial charge is 0.193 e. The lowest BCUT2D eigenvalue weighted by atomic mass is 10.1. The highest BCUT2D eigenvalue weighted by atomic mass is 127. The van der Waals surface area contributed by atoms with Crippen LogP contribution in [-0.2, 0) is 11.3 Å². The van der Waals surface area contributed by atoms with Crippen LogP contribution in [0.2, 0.25) is 0 Å². The quantitative estimate of drug-likeness (QED) is 0.259. The summed E-state index contributed by atoms with van der Waals surface area (Å²) in [6.45, 7) is 12.3. The topological polar surface area (TPSA) is 40.1 Å². The number of nitrogens with one attached hydrogen (secondary N) is 1. The fraction of sp³-hybridized carbons (Fsp3) is 0.650. The van der Waals surface area contributed by atoms with Gasteiger partial charge in [0.05, 0.1) is 13.2 Å². The zero-order chi connectivity index (χ0) is 17.9. The summed E-state index contributed by atoms with van der Waals surface area (Å²) in [5.41, 5.74) is 1.21. The van der Waals surface area contributed by atoms with Gasteiger partial charge in [-0.1, -0.05) is 44.2 Å². The van der Waals surface area contributed by atoms with Crippen LogP contribution in [-0.4, -0.2) is 68.7 Å². The highest BCUT2D eigenvalue weighted by Crippen LogP contribution is 2.17. The van der Waals surface area contributed by atoms with Gasteiger partial charge < -0.3 is 19.9 Å². The van der Waals surface area contributed by atoms with E-state index in [-0.39, 0.29) is 24.0 Å². The van der Waals surface area contributed by atoms with Crippen LogP contribution in [0, 0.1) is 5.92 Å². The number of hydrogen-bond donors (Lipinski definition) is 1. The molecule has 1 aliphatic heterocycles. The van der Waals surface area contributed by atoms with Crippen LogP contribution in [0.25, 0.3) is 0 Å². The molecule has 0 aromatic heterocycles. The number of likely N-dealkylation sites (tertiary alicyclic amines) is 1. The number of halogens is 1. The molecular formula is C20H35IN4O. The molecule has 0 amide bonds. The highest BCUT2D eigenvalue weighted by Gasteiger charge is 2.25. The van der Waals surface area contributed by atoms with Crippen molar-refractivity contribution in [2.45, 2.75) is 26.9 Å². The third-order valence-corrected chi connectivity index (χ3v) is 4.85. The first-order chi connectivity index (χ1) is 12.3. The summed E-state index contributed by atoms with van der Waals surface area (Å²) in [6, 6.07) is 10.3. The van der Waals surface area contributed by atoms with Gasteiger partial charge in [0.15, 0.2) is 5.96 Å². The number of aliphatic imine (C=N–C) groups is 1. The number of ether oxygens (including phenoxy) is 1. The molecular weight excluding hydrogens is 439 g/mol. The number of hydrogen-bond acceptors (Lipinski definition) is 3. The molecule has 1 aromatic rings. The molecule has 1 aromatic carbocycles. The monoisotopic (exact) mass is 474 g/mol. The van der Waals surface area contributed by atoms with Crippen molar-refractivity contribution < 1.29 is 4.74 Å². The summed E-state index contributed by atoms with van der Waals surface area (Å²) in [5, 5.41) is 3.44. The minimum Gasteiger partial charge on any atom is -0.375 e. The molecule has 26 heavy (non-hydrogen) atoms. The van der Waals surface area contributed by atoms with Crippen molar-refractivity contribution in [3.05, 3.63) is 35.9 Å². The van der Waals surface area contributed by atoms with Gasteiger partial charge in [0, 0.05) is 33.2 Å². The second-order valence-electron chi connectivity index (χ2n) is 6.60. The van der Waals surface area contributed by atoms with Gasteiger partial charge in [-0.2, -0.15) is 0 Å². The Kier molecular flexibility index (Phi) is 11.9. The molecule has 1 heterocycles. The second kappa shape index (κ2) is 13.3. The molecule has 0 spiro atoms. The Morgan fingerprint density at radius 1 is 1.27 bits per heavy atom. The van der Waals surface area contributed by atoms with Gasteiger partial charge in [-0.05, 0) is 31.0 Å². The van der Waals surface area contributed by atoms with E-state index in [0.29, 0.717) is 13.2 Å². The Hall–Kier alpha value is -0.860. The van der Waals surface area contributed by atoms with Crippen molar-refractivity contribution in [1.82, 2.24) is 15.1 Å². The maximum Gasteiger partial charge on any atom is 0.193 e. The molecule has 5 nitrogen and oxygen atoms in total. The molecule has 0 saturated carbocycles. The Morgan fingerprint density at radius 2 is 2.00 bits per heavy atom. The Labute approximate surface area is 176 Å². The maximum absolute atomic E-state index is 5.74. The first kappa shape index (κ1) is 23.2. The summed E-state index contributed by atoms with van der Waals surface area (Å²) in [4.78, 5) is 9.34. The summed E-state index contributed by atoms with van der Waals surface area (Å²) in [6.07, 6.45) is 1.25. The van der Waals surface area contributed by atoms with E-state index < -0.39 is 0 Å². The summed E-state index contributed by atoms with van der Waals surface area (Å²) < 4.78 is 5.74. The van der Waals surface area contributed by atoms with E-state index in [9.17, 15) is 0 Å². The van der Waals surface area contributed by atoms with Crippen molar-refractivity contribution in [3.63, 3.8) is 0 Å². The third kappa shape index (κ3) is 7.80. The normalized spacial score (nSPS) is 17.5. The molecule has 0 radical (unpaired) electrons. The zero-order valence-electron chi connectivity index (χ0n) is 16.5. The molecule has 1 unspecified atom stereocenters. The van der Waals surface area contributed by atoms with Gasteiger partial charge in [-0.15, -0.1) is 24.0 Å². The van der Waals surface area contributed by atoms with E-state index >= 15 is 0 Å². The van der Waals surface area contributed by atoms with Gasteiger partial charge in [0.1, 0.15) is 0 Å². The Morgan fingerprint density at radius 3 is 2.65 bits per heavy atom. The molecule has 148 valence electrons. The fourth-order valence-corrected chi connectivity index (χ4v) is 3.35. The maximum atomic E-state index is 5.74. The van der Waals surface area contributed by atoms with Crippen LogP contribution < -0.4 is 5.32 Å². The molecule has 6 heteroatoms. The van der Waals surface area contributed by atoms with Crippen LogP contribution in [0.4, 0.5) is 0 Å². The van der Waals surface area contributed by atoms with Gasteiger partial charge in [-0.3, -0.25) is 4.99 Å². The average Bonchev–Trinajstić information content (AvgIpc) is 3.12. The second-order valence-corrected chi connectivity index (χ2v) is 6.60. The lowest BCUT2D eigenvalue weighted by Gasteiger charge is -2.24. The molecule has 1 atom stereocenters. The molecule has 0 bridgehead atoms. The van der Waals surface area contributed by atoms with Crippen molar-refractivity contribution in [3.8, 4) is 0 Å². The average molecular weight is 474 g/mol. The lowest BCUT2D eigenvalue weighted by Crippen LogP contribution is -2.42. The van der Waals surface area contributed by atoms with Gasteiger partial charge in [-0.25, -0.2) is 0 Å². The van der Waals surface area contributed by atoms with Gasteiger partial charge >= 0.3 is 0 Å². The summed E-state index contributed by atoms with van der Waals surface area (Å²) in [5.74, 6) is 1.75. The molecule has 1 N–H and O–H groups in total. The summed E-state index contributed by atoms with van der Waals surface area (Å²) in [7, 11) is 1.87. The van der Waals surface area contributed by atoms with E-state index in [1.165, 1.54) is 18.5 Å². The Balaban J connectivity index is 0.00000338.